The van der Waals surface area contributed by atoms with Gasteiger partial charge < -0.3 is 15.0 Å². The molecule has 6 nitrogen and oxygen atoms in total. The number of amides is 2. The van der Waals surface area contributed by atoms with E-state index < -0.39 is 5.54 Å². The van der Waals surface area contributed by atoms with Gasteiger partial charge in [0.25, 0.3) is 0 Å². The fourth-order valence-electron chi connectivity index (χ4n) is 5.25. The number of hydrogen-bond acceptors (Lipinski definition) is 4. The Balaban J connectivity index is 1.52. The van der Waals surface area contributed by atoms with Crippen molar-refractivity contribution >= 4 is 11.8 Å². The van der Waals surface area contributed by atoms with Crippen LogP contribution < -0.4 is 10.1 Å². The summed E-state index contributed by atoms with van der Waals surface area (Å²) in [5, 5.41) is 3.22. The zero-order valence-corrected chi connectivity index (χ0v) is 18.6. The lowest BCUT2D eigenvalue weighted by Gasteiger charge is -2.45. The van der Waals surface area contributed by atoms with Crippen LogP contribution in [0.4, 0.5) is 4.39 Å². The summed E-state index contributed by atoms with van der Waals surface area (Å²) < 4.78 is 18.9. The van der Waals surface area contributed by atoms with Crippen molar-refractivity contribution < 1.29 is 18.7 Å². The zero-order chi connectivity index (χ0) is 22.7. The molecule has 0 radical (unpaired) electrons. The number of hydrogen-bond donors (Lipinski definition) is 1. The van der Waals surface area contributed by atoms with Crippen LogP contribution in [0.5, 0.6) is 5.75 Å². The average molecular weight is 440 g/mol. The van der Waals surface area contributed by atoms with Gasteiger partial charge in [-0.2, -0.15) is 0 Å². The van der Waals surface area contributed by atoms with Crippen LogP contribution in [-0.4, -0.2) is 59.9 Å². The molecule has 2 saturated heterocycles. The summed E-state index contributed by atoms with van der Waals surface area (Å²) in [6.45, 7) is 6.41. The highest BCUT2D eigenvalue weighted by Gasteiger charge is 2.56. The van der Waals surface area contributed by atoms with E-state index >= 15 is 0 Å². The number of ether oxygens (including phenoxy) is 1. The van der Waals surface area contributed by atoms with Crippen molar-refractivity contribution in [3.8, 4) is 5.75 Å². The predicted molar refractivity (Wildman–Crippen MR) is 120 cm³/mol. The minimum atomic E-state index is -0.438. The SMILES string of the molecule is CC(=O)N[C@@]12CCN(CCOc3ccc(F)cc3)C[C@@H]1[C@@H](c1ccccc1)N(C(C)=O)C2. The summed E-state index contributed by atoms with van der Waals surface area (Å²) in [4.78, 5) is 29.0. The van der Waals surface area contributed by atoms with Gasteiger partial charge in [0.1, 0.15) is 18.2 Å². The second kappa shape index (κ2) is 9.28. The van der Waals surface area contributed by atoms with Gasteiger partial charge in [0.05, 0.1) is 11.6 Å². The second-order valence-electron chi connectivity index (χ2n) is 8.80. The standard InChI is InChI=1S/C25H30FN3O3/c1-18(30)27-25-12-13-28(14-15-32-22-10-8-21(26)9-11-22)16-23(25)24(29(17-25)19(2)31)20-6-4-3-5-7-20/h3-11,23-24H,12-17H2,1-2H3,(H,27,30)/t23-,24-,25-/m1/s1. The van der Waals surface area contributed by atoms with Gasteiger partial charge >= 0.3 is 0 Å². The fraction of sp³-hybridized carbons (Fsp3) is 0.440. The van der Waals surface area contributed by atoms with E-state index in [4.69, 9.17) is 4.74 Å². The highest BCUT2D eigenvalue weighted by molar-refractivity contribution is 5.77. The van der Waals surface area contributed by atoms with E-state index in [-0.39, 0.29) is 29.6 Å². The van der Waals surface area contributed by atoms with Crippen molar-refractivity contribution in [1.29, 1.82) is 0 Å². The van der Waals surface area contributed by atoms with Crippen LogP contribution in [0.3, 0.4) is 0 Å². The van der Waals surface area contributed by atoms with Crippen LogP contribution >= 0.6 is 0 Å². The molecule has 1 N–H and O–H groups in total. The first-order chi connectivity index (χ1) is 15.4. The molecule has 2 aliphatic heterocycles. The maximum absolute atomic E-state index is 13.1. The molecule has 0 bridgehead atoms. The third kappa shape index (κ3) is 4.63. The number of piperidine rings is 1. The Morgan fingerprint density at radius 1 is 1.12 bits per heavy atom. The lowest BCUT2D eigenvalue weighted by Crippen LogP contribution is -2.61. The van der Waals surface area contributed by atoms with Crippen LogP contribution in [0.25, 0.3) is 0 Å². The Labute approximate surface area is 188 Å². The number of carbonyl (C=O) groups excluding carboxylic acids is 2. The molecule has 4 rings (SSSR count). The van der Waals surface area contributed by atoms with Crippen LogP contribution in [0.15, 0.2) is 54.6 Å². The topological polar surface area (TPSA) is 61.9 Å². The molecule has 2 aliphatic rings. The molecule has 7 heteroatoms. The van der Waals surface area contributed by atoms with E-state index in [0.29, 0.717) is 25.4 Å². The summed E-state index contributed by atoms with van der Waals surface area (Å²) in [7, 11) is 0. The number of carbonyl (C=O) groups is 2. The van der Waals surface area contributed by atoms with Crippen LogP contribution in [0.1, 0.15) is 31.9 Å². The maximum atomic E-state index is 13.1. The summed E-state index contributed by atoms with van der Waals surface area (Å²) in [6, 6.07) is 16.0. The molecular formula is C25H30FN3O3. The Kier molecular flexibility index (Phi) is 6.46. The summed E-state index contributed by atoms with van der Waals surface area (Å²) in [5.74, 6) is 0.370. The predicted octanol–water partition coefficient (Wildman–Crippen LogP) is 3.00. The average Bonchev–Trinajstić information content (AvgIpc) is 3.10. The Morgan fingerprint density at radius 2 is 1.84 bits per heavy atom. The Bertz CT molecular complexity index is 953. The van der Waals surface area contributed by atoms with E-state index in [9.17, 15) is 14.0 Å². The van der Waals surface area contributed by atoms with Gasteiger partial charge in [0, 0.05) is 45.9 Å². The summed E-state index contributed by atoms with van der Waals surface area (Å²) in [5.41, 5.74) is 0.649. The second-order valence-corrected chi connectivity index (χ2v) is 8.80. The molecule has 2 fully saturated rings. The normalized spacial score (nSPS) is 25.3. The van der Waals surface area contributed by atoms with Gasteiger partial charge in [-0.1, -0.05) is 30.3 Å². The highest BCUT2D eigenvalue weighted by Crippen LogP contribution is 2.47. The molecule has 2 aromatic rings. The first-order valence-electron chi connectivity index (χ1n) is 11.1. The number of nitrogens with one attached hydrogen (secondary N) is 1. The molecule has 0 aromatic heterocycles. The van der Waals surface area contributed by atoms with Crippen molar-refractivity contribution in [2.24, 2.45) is 5.92 Å². The maximum Gasteiger partial charge on any atom is 0.220 e. The van der Waals surface area contributed by atoms with Gasteiger partial charge in [0.2, 0.25) is 11.8 Å². The lowest BCUT2D eigenvalue weighted by atomic mass is 9.75. The van der Waals surface area contributed by atoms with Crippen molar-refractivity contribution in [2.45, 2.75) is 31.8 Å². The van der Waals surface area contributed by atoms with Gasteiger partial charge in [-0.15, -0.1) is 0 Å². The molecule has 32 heavy (non-hydrogen) atoms. The summed E-state index contributed by atoms with van der Waals surface area (Å²) in [6.07, 6.45) is 0.765. The van der Waals surface area contributed by atoms with E-state index in [1.54, 1.807) is 26.0 Å². The molecule has 0 spiro atoms. The van der Waals surface area contributed by atoms with Gasteiger partial charge in [-0.25, -0.2) is 4.39 Å². The molecule has 0 aliphatic carbocycles. The molecule has 170 valence electrons. The van der Waals surface area contributed by atoms with Crippen molar-refractivity contribution in [3.63, 3.8) is 0 Å². The molecule has 2 amide bonds. The fourth-order valence-corrected chi connectivity index (χ4v) is 5.25. The number of nitrogens with zero attached hydrogens (tertiary/aromatic N) is 2. The van der Waals surface area contributed by atoms with Crippen molar-refractivity contribution in [1.82, 2.24) is 15.1 Å². The number of halogens is 1. The molecular weight excluding hydrogens is 409 g/mol. The van der Waals surface area contributed by atoms with Crippen molar-refractivity contribution in [2.75, 3.05) is 32.8 Å². The Hall–Kier alpha value is -2.93. The van der Waals surface area contributed by atoms with Gasteiger partial charge in [0.15, 0.2) is 0 Å². The van der Waals surface area contributed by atoms with E-state index in [0.717, 1.165) is 25.1 Å². The smallest absolute Gasteiger partial charge is 0.220 e. The van der Waals surface area contributed by atoms with E-state index in [1.165, 1.54) is 12.1 Å². The van der Waals surface area contributed by atoms with E-state index in [2.05, 4.69) is 22.3 Å². The van der Waals surface area contributed by atoms with Crippen LogP contribution in [0.2, 0.25) is 0 Å². The number of benzene rings is 2. The zero-order valence-electron chi connectivity index (χ0n) is 18.6. The number of rotatable bonds is 6. The third-order valence-electron chi connectivity index (χ3n) is 6.67. The molecule has 2 heterocycles. The van der Waals surface area contributed by atoms with Gasteiger partial charge in [-0.3, -0.25) is 14.5 Å². The molecule has 2 aromatic carbocycles. The van der Waals surface area contributed by atoms with Gasteiger partial charge in [-0.05, 0) is 36.2 Å². The highest BCUT2D eigenvalue weighted by atomic mass is 19.1. The van der Waals surface area contributed by atoms with Crippen molar-refractivity contribution in [3.05, 3.63) is 66.0 Å². The number of fused-ring (bicyclic) bond motifs is 1. The third-order valence-corrected chi connectivity index (χ3v) is 6.67. The molecule has 3 atom stereocenters. The molecule has 0 unspecified atom stereocenters. The summed E-state index contributed by atoms with van der Waals surface area (Å²) >= 11 is 0. The monoisotopic (exact) mass is 439 g/mol. The quantitative estimate of drug-likeness (QED) is 0.752. The number of likely N-dealkylation sites (tertiary alicyclic amines) is 2. The first-order valence-corrected chi connectivity index (χ1v) is 11.1. The lowest BCUT2D eigenvalue weighted by molar-refractivity contribution is -0.130. The Morgan fingerprint density at radius 3 is 2.50 bits per heavy atom. The van der Waals surface area contributed by atoms with Crippen LogP contribution in [-0.2, 0) is 9.59 Å². The largest absolute Gasteiger partial charge is 0.492 e. The minimum Gasteiger partial charge on any atom is -0.492 e. The van der Waals surface area contributed by atoms with Crippen LogP contribution in [0, 0.1) is 11.7 Å². The first kappa shape index (κ1) is 22.3. The molecule has 0 saturated carbocycles. The minimum absolute atomic E-state index is 0.0178. The van der Waals surface area contributed by atoms with E-state index in [1.807, 2.05) is 23.1 Å².